The van der Waals surface area contributed by atoms with Crippen LogP contribution in [0.2, 0.25) is 0 Å². The summed E-state index contributed by atoms with van der Waals surface area (Å²) in [5.74, 6) is -0.647. The molecule has 1 aromatic heterocycles. The molecule has 3 rings (SSSR count). The van der Waals surface area contributed by atoms with Crippen molar-refractivity contribution in [3.63, 3.8) is 0 Å². The van der Waals surface area contributed by atoms with Gasteiger partial charge < -0.3 is 10.1 Å². The van der Waals surface area contributed by atoms with E-state index in [1.807, 2.05) is 36.7 Å². The van der Waals surface area contributed by atoms with Crippen LogP contribution >= 0.6 is 0 Å². The highest BCUT2D eigenvalue weighted by molar-refractivity contribution is 6.04. The van der Waals surface area contributed by atoms with Crippen LogP contribution in [0.15, 0.2) is 54.6 Å². The first kappa shape index (κ1) is 19.4. The van der Waals surface area contributed by atoms with Crippen LogP contribution < -0.4 is 5.32 Å². The number of hydrogen-bond acceptors (Lipinski definition) is 4. The molecule has 0 spiro atoms. The molecule has 2 aromatic carbocycles. The molecule has 0 atom stereocenters. The van der Waals surface area contributed by atoms with Crippen LogP contribution in [0.25, 0.3) is 0 Å². The van der Waals surface area contributed by atoms with Crippen molar-refractivity contribution in [2.45, 2.75) is 27.3 Å². The molecule has 0 saturated carbocycles. The van der Waals surface area contributed by atoms with Gasteiger partial charge in [0.05, 0.1) is 24.4 Å². The quantitative estimate of drug-likeness (QED) is 0.660. The molecule has 6 nitrogen and oxygen atoms in total. The van der Waals surface area contributed by atoms with Gasteiger partial charge >= 0.3 is 5.97 Å². The van der Waals surface area contributed by atoms with Crippen LogP contribution in [0.1, 0.15) is 44.6 Å². The SMILES string of the molecule is CCOC(=O)c1cccc(NC(=O)c2ccc(Cn3nc(C)cc3C)cc2)c1. The van der Waals surface area contributed by atoms with Crippen molar-refractivity contribution in [2.75, 3.05) is 11.9 Å². The van der Waals surface area contributed by atoms with Crippen molar-refractivity contribution in [3.05, 3.63) is 82.7 Å². The highest BCUT2D eigenvalue weighted by Gasteiger charge is 2.10. The Morgan fingerprint density at radius 2 is 1.79 bits per heavy atom. The molecule has 1 amide bonds. The molecule has 0 unspecified atom stereocenters. The number of nitrogens with one attached hydrogen (secondary N) is 1. The van der Waals surface area contributed by atoms with Crippen molar-refractivity contribution < 1.29 is 14.3 Å². The van der Waals surface area contributed by atoms with Crippen LogP contribution in [0, 0.1) is 13.8 Å². The van der Waals surface area contributed by atoms with Crippen LogP contribution in [-0.2, 0) is 11.3 Å². The number of nitrogens with zero attached hydrogens (tertiary/aromatic N) is 2. The number of amides is 1. The van der Waals surface area contributed by atoms with Gasteiger partial charge in [-0.15, -0.1) is 0 Å². The molecule has 0 bridgehead atoms. The lowest BCUT2D eigenvalue weighted by Gasteiger charge is -2.09. The first-order valence-electron chi connectivity index (χ1n) is 9.15. The number of ether oxygens (including phenoxy) is 1. The predicted octanol–water partition coefficient (Wildman–Crippen LogP) is 3.98. The molecule has 0 aliphatic rings. The van der Waals surface area contributed by atoms with Gasteiger partial charge in [-0.05, 0) is 62.7 Å². The van der Waals surface area contributed by atoms with E-state index in [-0.39, 0.29) is 5.91 Å². The first-order valence-corrected chi connectivity index (χ1v) is 9.15. The third-order valence-electron chi connectivity index (χ3n) is 4.28. The predicted molar refractivity (Wildman–Crippen MR) is 108 cm³/mol. The molecule has 144 valence electrons. The zero-order valence-electron chi connectivity index (χ0n) is 16.2. The van der Waals surface area contributed by atoms with E-state index in [0.717, 1.165) is 17.0 Å². The average Bonchev–Trinajstić information content (AvgIpc) is 2.99. The van der Waals surface area contributed by atoms with E-state index in [1.165, 1.54) is 0 Å². The van der Waals surface area contributed by atoms with E-state index >= 15 is 0 Å². The van der Waals surface area contributed by atoms with Gasteiger partial charge in [0.1, 0.15) is 0 Å². The first-order chi connectivity index (χ1) is 13.5. The van der Waals surface area contributed by atoms with Crippen LogP contribution in [0.4, 0.5) is 5.69 Å². The fraction of sp³-hybridized carbons (Fsp3) is 0.227. The Bertz CT molecular complexity index is 991. The summed E-state index contributed by atoms with van der Waals surface area (Å²) in [6.07, 6.45) is 0. The van der Waals surface area contributed by atoms with Crippen molar-refractivity contribution in [1.29, 1.82) is 0 Å². The maximum absolute atomic E-state index is 12.5. The van der Waals surface area contributed by atoms with Crippen LogP contribution in [-0.4, -0.2) is 28.3 Å². The minimum Gasteiger partial charge on any atom is -0.462 e. The average molecular weight is 377 g/mol. The number of esters is 1. The Balaban J connectivity index is 1.67. The van der Waals surface area contributed by atoms with E-state index in [2.05, 4.69) is 10.4 Å². The summed E-state index contributed by atoms with van der Waals surface area (Å²) in [5.41, 5.74) is 4.63. The lowest BCUT2D eigenvalue weighted by Crippen LogP contribution is -2.13. The summed E-state index contributed by atoms with van der Waals surface area (Å²) >= 11 is 0. The number of aryl methyl sites for hydroxylation is 2. The lowest BCUT2D eigenvalue weighted by atomic mass is 10.1. The molecule has 0 saturated heterocycles. The Labute approximate surface area is 164 Å². The Morgan fingerprint density at radius 1 is 1.04 bits per heavy atom. The third kappa shape index (κ3) is 4.65. The van der Waals surface area contributed by atoms with Crippen molar-refractivity contribution in [1.82, 2.24) is 9.78 Å². The van der Waals surface area contributed by atoms with Gasteiger partial charge in [0.25, 0.3) is 5.91 Å². The van der Waals surface area contributed by atoms with Gasteiger partial charge in [0.15, 0.2) is 0 Å². The topological polar surface area (TPSA) is 73.2 Å². The van der Waals surface area contributed by atoms with Gasteiger partial charge in [0, 0.05) is 16.9 Å². The molecule has 0 radical (unpaired) electrons. The molecule has 1 heterocycles. The molecule has 3 aromatic rings. The number of anilines is 1. The fourth-order valence-corrected chi connectivity index (χ4v) is 2.91. The Hall–Kier alpha value is -3.41. The third-order valence-corrected chi connectivity index (χ3v) is 4.28. The smallest absolute Gasteiger partial charge is 0.338 e. The summed E-state index contributed by atoms with van der Waals surface area (Å²) < 4.78 is 6.92. The van der Waals surface area contributed by atoms with Gasteiger partial charge in [0.2, 0.25) is 0 Å². The number of hydrogen-bond donors (Lipinski definition) is 1. The monoisotopic (exact) mass is 377 g/mol. The number of rotatable bonds is 6. The maximum Gasteiger partial charge on any atom is 0.338 e. The second kappa shape index (κ2) is 8.52. The largest absolute Gasteiger partial charge is 0.462 e. The van der Waals surface area contributed by atoms with Gasteiger partial charge in [-0.25, -0.2) is 4.79 Å². The molecule has 1 N–H and O–H groups in total. The summed E-state index contributed by atoms with van der Waals surface area (Å²) in [6.45, 7) is 6.70. The molecular weight excluding hydrogens is 354 g/mol. The summed E-state index contributed by atoms with van der Waals surface area (Å²) in [5, 5.41) is 7.27. The number of benzene rings is 2. The van der Waals surface area contributed by atoms with E-state index in [1.54, 1.807) is 43.3 Å². The van der Waals surface area contributed by atoms with E-state index < -0.39 is 5.97 Å². The second-order valence-corrected chi connectivity index (χ2v) is 6.54. The van der Waals surface area contributed by atoms with Gasteiger partial charge in [-0.1, -0.05) is 18.2 Å². The van der Waals surface area contributed by atoms with E-state index in [4.69, 9.17) is 4.74 Å². The normalized spacial score (nSPS) is 10.5. The zero-order valence-corrected chi connectivity index (χ0v) is 16.2. The van der Waals surface area contributed by atoms with Gasteiger partial charge in [-0.2, -0.15) is 5.10 Å². The summed E-state index contributed by atoms with van der Waals surface area (Å²) in [7, 11) is 0. The summed E-state index contributed by atoms with van der Waals surface area (Å²) in [6, 6.07) is 16.1. The number of carbonyl (C=O) groups excluding carboxylic acids is 2. The molecule has 28 heavy (non-hydrogen) atoms. The standard InChI is InChI=1S/C22H23N3O3/c1-4-28-22(27)19-6-5-7-20(13-19)23-21(26)18-10-8-17(9-11-18)14-25-16(3)12-15(2)24-25/h5-13H,4,14H2,1-3H3,(H,23,26). The summed E-state index contributed by atoms with van der Waals surface area (Å²) in [4.78, 5) is 24.3. The minimum atomic E-state index is -0.410. The van der Waals surface area contributed by atoms with Crippen LogP contribution in [0.3, 0.4) is 0 Å². The second-order valence-electron chi connectivity index (χ2n) is 6.54. The minimum absolute atomic E-state index is 0.237. The van der Waals surface area contributed by atoms with E-state index in [0.29, 0.717) is 30.0 Å². The van der Waals surface area contributed by atoms with Crippen molar-refractivity contribution >= 4 is 17.6 Å². The molecule has 0 fully saturated rings. The highest BCUT2D eigenvalue weighted by Crippen LogP contribution is 2.14. The fourth-order valence-electron chi connectivity index (χ4n) is 2.91. The van der Waals surface area contributed by atoms with Crippen LogP contribution in [0.5, 0.6) is 0 Å². The molecule has 6 heteroatoms. The Morgan fingerprint density at radius 3 is 2.43 bits per heavy atom. The van der Waals surface area contributed by atoms with Crippen molar-refractivity contribution in [2.24, 2.45) is 0 Å². The van der Waals surface area contributed by atoms with Gasteiger partial charge in [-0.3, -0.25) is 9.48 Å². The van der Waals surface area contributed by atoms with E-state index in [9.17, 15) is 9.59 Å². The molecule has 0 aliphatic heterocycles. The van der Waals surface area contributed by atoms with Crippen molar-refractivity contribution in [3.8, 4) is 0 Å². The zero-order chi connectivity index (χ0) is 20.1. The number of carbonyl (C=O) groups is 2. The molecule has 0 aliphatic carbocycles. The maximum atomic E-state index is 12.5. The highest BCUT2D eigenvalue weighted by atomic mass is 16.5. The lowest BCUT2D eigenvalue weighted by molar-refractivity contribution is 0.0526. The number of aromatic nitrogens is 2. The Kier molecular flexibility index (Phi) is 5.89. The molecular formula is C22H23N3O3.